The number of hydrogen-bond acceptors (Lipinski definition) is 5. The van der Waals surface area contributed by atoms with Gasteiger partial charge in [-0.2, -0.15) is 0 Å². The van der Waals surface area contributed by atoms with Crippen molar-refractivity contribution in [1.82, 2.24) is 0 Å². The second-order valence-electron chi connectivity index (χ2n) is 3.52. The topological polar surface area (TPSA) is 78.7 Å². The van der Waals surface area contributed by atoms with Crippen molar-refractivity contribution >= 4 is 12.0 Å². The van der Waals surface area contributed by atoms with Crippen LogP contribution in [-0.2, 0) is 0 Å². The van der Waals surface area contributed by atoms with Crippen LogP contribution in [0.25, 0.3) is 0 Å². The zero-order chi connectivity index (χ0) is 13.5. The molecule has 0 bridgehead atoms. The van der Waals surface area contributed by atoms with E-state index in [-0.39, 0.29) is 22.7 Å². The third kappa shape index (κ3) is 3.19. The molecule has 18 heavy (non-hydrogen) atoms. The number of aldehydes is 1. The lowest BCUT2D eigenvalue weighted by atomic mass is 10.2. The highest BCUT2D eigenvalue weighted by atomic mass is 16.6. The lowest BCUT2D eigenvalue weighted by molar-refractivity contribution is -0.386. The van der Waals surface area contributed by atoms with Crippen LogP contribution in [0, 0.1) is 10.1 Å². The molecule has 0 unspecified atom stereocenters. The molecule has 0 aromatic heterocycles. The van der Waals surface area contributed by atoms with E-state index in [9.17, 15) is 14.9 Å². The van der Waals surface area contributed by atoms with E-state index in [1.807, 2.05) is 6.92 Å². The van der Waals surface area contributed by atoms with E-state index < -0.39 is 4.92 Å². The normalized spacial score (nSPS) is 9.89. The van der Waals surface area contributed by atoms with Gasteiger partial charge in [-0.05, 0) is 19.4 Å². The quantitative estimate of drug-likeness (QED) is 0.424. The first-order chi connectivity index (χ1) is 8.63. The number of carbonyl (C=O) groups is 1. The van der Waals surface area contributed by atoms with Gasteiger partial charge in [0.15, 0.2) is 5.75 Å². The zero-order valence-corrected chi connectivity index (χ0v) is 10.3. The summed E-state index contributed by atoms with van der Waals surface area (Å²) >= 11 is 0. The molecule has 0 aliphatic rings. The first-order valence-electron chi connectivity index (χ1n) is 5.67. The van der Waals surface area contributed by atoms with Crippen molar-refractivity contribution in [3.8, 4) is 11.5 Å². The molecule has 0 saturated carbocycles. The van der Waals surface area contributed by atoms with Crippen LogP contribution in [0.15, 0.2) is 12.1 Å². The summed E-state index contributed by atoms with van der Waals surface area (Å²) < 4.78 is 10.6. The van der Waals surface area contributed by atoms with E-state index >= 15 is 0 Å². The maximum atomic E-state index is 11.0. The zero-order valence-electron chi connectivity index (χ0n) is 10.3. The molecule has 0 aliphatic carbocycles. The molecule has 6 nitrogen and oxygen atoms in total. The average Bonchev–Trinajstić information content (AvgIpc) is 2.36. The van der Waals surface area contributed by atoms with Crippen LogP contribution < -0.4 is 9.47 Å². The SMILES string of the molecule is CCCOc1c(OCC)cc(C=O)cc1[N+](=O)[O-]. The molecule has 0 fully saturated rings. The summed E-state index contributed by atoms with van der Waals surface area (Å²) in [5, 5.41) is 11.0. The standard InChI is InChI=1S/C12H15NO5/c1-3-5-18-12-10(13(15)16)6-9(8-14)7-11(12)17-4-2/h6-8H,3-5H2,1-2H3. The van der Waals surface area contributed by atoms with E-state index in [1.54, 1.807) is 6.92 Å². The number of rotatable bonds is 7. The molecule has 0 heterocycles. The molecule has 1 aromatic rings. The summed E-state index contributed by atoms with van der Waals surface area (Å²) in [6.07, 6.45) is 1.26. The Morgan fingerprint density at radius 2 is 2.06 bits per heavy atom. The second kappa shape index (κ2) is 6.58. The fraction of sp³-hybridized carbons (Fsp3) is 0.417. The van der Waals surface area contributed by atoms with E-state index in [1.165, 1.54) is 12.1 Å². The molecule has 1 aromatic carbocycles. The van der Waals surface area contributed by atoms with Crippen LogP contribution in [0.4, 0.5) is 5.69 Å². The second-order valence-corrected chi connectivity index (χ2v) is 3.52. The number of carbonyl (C=O) groups excluding carboxylic acids is 1. The Morgan fingerprint density at radius 3 is 2.56 bits per heavy atom. The smallest absolute Gasteiger partial charge is 0.315 e. The van der Waals surface area contributed by atoms with Gasteiger partial charge in [-0.1, -0.05) is 6.92 Å². The van der Waals surface area contributed by atoms with Crippen LogP contribution in [0.1, 0.15) is 30.6 Å². The molecule has 0 spiro atoms. The number of nitro groups is 1. The highest BCUT2D eigenvalue weighted by Crippen LogP contribution is 2.38. The third-order valence-corrected chi connectivity index (χ3v) is 2.14. The van der Waals surface area contributed by atoms with Gasteiger partial charge in [-0.25, -0.2) is 0 Å². The van der Waals surface area contributed by atoms with Crippen LogP contribution >= 0.6 is 0 Å². The first-order valence-corrected chi connectivity index (χ1v) is 5.67. The molecule has 0 aliphatic heterocycles. The van der Waals surface area contributed by atoms with Gasteiger partial charge in [0.2, 0.25) is 5.75 Å². The maximum Gasteiger partial charge on any atom is 0.315 e. The van der Waals surface area contributed by atoms with Gasteiger partial charge in [0, 0.05) is 11.6 Å². The number of hydrogen-bond donors (Lipinski definition) is 0. The van der Waals surface area contributed by atoms with Crippen LogP contribution in [0.5, 0.6) is 11.5 Å². The predicted molar refractivity (Wildman–Crippen MR) is 65.4 cm³/mol. The Morgan fingerprint density at radius 1 is 1.33 bits per heavy atom. The summed E-state index contributed by atoms with van der Waals surface area (Å²) in [5.74, 6) is 0.302. The van der Waals surface area contributed by atoms with Crippen molar-refractivity contribution in [2.75, 3.05) is 13.2 Å². The van der Waals surface area contributed by atoms with Gasteiger partial charge in [-0.15, -0.1) is 0 Å². The van der Waals surface area contributed by atoms with Crippen molar-refractivity contribution in [2.24, 2.45) is 0 Å². The highest BCUT2D eigenvalue weighted by Gasteiger charge is 2.22. The minimum Gasteiger partial charge on any atom is -0.490 e. The lowest BCUT2D eigenvalue weighted by Gasteiger charge is -2.12. The van der Waals surface area contributed by atoms with Crippen molar-refractivity contribution in [1.29, 1.82) is 0 Å². The summed E-state index contributed by atoms with van der Waals surface area (Å²) in [4.78, 5) is 21.1. The molecular formula is C12H15NO5. The average molecular weight is 253 g/mol. The Bertz CT molecular complexity index is 444. The monoisotopic (exact) mass is 253 g/mol. The Kier molecular flexibility index (Phi) is 5.10. The Labute approximate surface area is 105 Å². The van der Waals surface area contributed by atoms with Crippen molar-refractivity contribution < 1.29 is 19.2 Å². The number of nitrogens with zero attached hydrogens (tertiary/aromatic N) is 1. The van der Waals surface area contributed by atoms with Gasteiger partial charge in [0.25, 0.3) is 0 Å². The lowest BCUT2D eigenvalue weighted by Crippen LogP contribution is -2.04. The number of benzene rings is 1. The molecule has 0 N–H and O–H groups in total. The van der Waals surface area contributed by atoms with Crippen molar-refractivity contribution in [2.45, 2.75) is 20.3 Å². The molecule has 6 heteroatoms. The molecule has 0 amide bonds. The Hall–Kier alpha value is -2.11. The minimum atomic E-state index is -0.583. The fourth-order valence-corrected chi connectivity index (χ4v) is 1.42. The van der Waals surface area contributed by atoms with E-state index in [4.69, 9.17) is 9.47 Å². The van der Waals surface area contributed by atoms with Crippen molar-refractivity contribution in [3.05, 3.63) is 27.8 Å². The summed E-state index contributed by atoms with van der Waals surface area (Å²) in [6, 6.07) is 2.62. The summed E-state index contributed by atoms with van der Waals surface area (Å²) in [6.45, 7) is 4.33. The van der Waals surface area contributed by atoms with Gasteiger partial charge in [0.1, 0.15) is 6.29 Å². The van der Waals surface area contributed by atoms with Gasteiger partial charge in [0.05, 0.1) is 18.1 Å². The minimum absolute atomic E-state index is 0.0781. The number of nitro benzene ring substituents is 1. The van der Waals surface area contributed by atoms with Crippen LogP contribution in [-0.4, -0.2) is 24.4 Å². The molecule has 0 atom stereocenters. The van der Waals surface area contributed by atoms with Gasteiger partial charge >= 0.3 is 5.69 Å². The largest absolute Gasteiger partial charge is 0.490 e. The first kappa shape index (κ1) is 14.0. The molecule has 0 radical (unpaired) electrons. The number of ether oxygens (including phenoxy) is 2. The van der Waals surface area contributed by atoms with Crippen LogP contribution in [0.3, 0.4) is 0 Å². The predicted octanol–water partition coefficient (Wildman–Crippen LogP) is 2.59. The highest BCUT2D eigenvalue weighted by molar-refractivity contribution is 5.79. The van der Waals surface area contributed by atoms with Gasteiger partial charge in [-0.3, -0.25) is 14.9 Å². The fourth-order valence-electron chi connectivity index (χ4n) is 1.42. The maximum absolute atomic E-state index is 11.0. The summed E-state index contributed by atoms with van der Waals surface area (Å²) in [7, 11) is 0. The molecule has 1 rings (SSSR count). The van der Waals surface area contributed by atoms with E-state index in [2.05, 4.69) is 0 Å². The van der Waals surface area contributed by atoms with Crippen molar-refractivity contribution in [3.63, 3.8) is 0 Å². The third-order valence-electron chi connectivity index (χ3n) is 2.14. The molecule has 0 saturated heterocycles. The van der Waals surface area contributed by atoms with Crippen LogP contribution in [0.2, 0.25) is 0 Å². The summed E-state index contributed by atoms with van der Waals surface area (Å²) in [5.41, 5.74) is -0.0644. The van der Waals surface area contributed by atoms with E-state index in [0.717, 1.165) is 6.42 Å². The van der Waals surface area contributed by atoms with Gasteiger partial charge < -0.3 is 9.47 Å². The molecular weight excluding hydrogens is 238 g/mol. The molecule has 98 valence electrons. The van der Waals surface area contributed by atoms with E-state index in [0.29, 0.717) is 19.5 Å². The Balaban J connectivity index is 3.29.